The van der Waals surface area contributed by atoms with Crippen LogP contribution in [0.5, 0.6) is 0 Å². The van der Waals surface area contributed by atoms with E-state index in [4.69, 9.17) is 17.0 Å². The van der Waals surface area contributed by atoms with Gasteiger partial charge < -0.3 is 0 Å². The molecule has 0 saturated heterocycles. The van der Waals surface area contributed by atoms with Gasteiger partial charge in [0, 0.05) is 0 Å². The Morgan fingerprint density at radius 1 is 0.826 bits per heavy atom. The van der Waals surface area contributed by atoms with Crippen LogP contribution in [-0.4, -0.2) is 0 Å². The first-order chi connectivity index (χ1) is 10.9. The molecule has 3 heteroatoms. The summed E-state index contributed by atoms with van der Waals surface area (Å²) in [5, 5.41) is 0. The van der Waals surface area contributed by atoms with Gasteiger partial charge in [0.25, 0.3) is 0 Å². The molecular formula is C20H30Cl2Zr. The Bertz CT molecular complexity index is 526. The molecule has 0 aromatic heterocycles. The molecule has 0 heterocycles. The molecule has 2 rings (SSSR count). The molecule has 0 amide bonds. The summed E-state index contributed by atoms with van der Waals surface area (Å²) >= 11 is -3.39. The van der Waals surface area contributed by atoms with Crippen molar-refractivity contribution in [2.45, 2.75) is 79.1 Å². The second-order valence-corrected chi connectivity index (χ2v) is 20.5. The molecule has 2 aliphatic rings. The number of rotatable bonds is 8. The Balaban J connectivity index is 2.20. The average Bonchev–Trinajstić information content (AvgIpc) is 3.07. The predicted molar refractivity (Wildman–Crippen MR) is 102 cm³/mol. The van der Waals surface area contributed by atoms with Crippen molar-refractivity contribution in [2.75, 3.05) is 0 Å². The Morgan fingerprint density at radius 3 is 1.57 bits per heavy atom. The maximum absolute atomic E-state index is 7.13. The molecule has 2 aliphatic carbocycles. The summed E-state index contributed by atoms with van der Waals surface area (Å²) < 4.78 is 2.82. The fourth-order valence-corrected chi connectivity index (χ4v) is 14.6. The van der Waals surface area contributed by atoms with E-state index in [9.17, 15) is 0 Å². The van der Waals surface area contributed by atoms with Crippen LogP contribution in [0, 0.1) is 0 Å². The SMILES string of the molecule is CCCCC1=CC[C]([Zr]([Cl])([Cl])[C]2=C(C)C(CCCC)=CC2)=C1C. The monoisotopic (exact) mass is 430 g/mol. The van der Waals surface area contributed by atoms with Gasteiger partial charge in [-0.25, -0.2) is 0 Å². The molecule has 0 aromatic carbocycles. The van der Waals surface area contributed by atoms with E-state index in [2.05, 4.69) is 39.8 Å². The fourth-order valence-electron chi connectivity index (χ4n) is 3.67. The first-order valence-corrected chi connectivity index (χ1v) is 17.9. The van der Waals surface area contributed by atoms with Gasteiger partial charge >= 0.3 is 155 Å². The number of hydrogen-bond donors (Lipinski definition) is 0. The Kier molecular flexibility index (Phi) is 7.46. The average molecular weight is 433 g/mol. The molecule has 0 radical (unpaired) electrons. The van der Waals surface area contributed by atoms with Crippen LogP contribution in [-0.2, 0) is 17.9 Å². The van der Waals surface area contributed by atoms with Crippen molar-refractivity contribution in [1.29, 1.82) is 0 Å². The molecule has 0 unspecified atom stereocenters. The van der Waals surface area contributed by atoms with Gasteiger partial charge in [0.1, 0.15) is 0 Å². The molecule has 0 aromatic rings. The van der Waals surface area contributed by atoms with Gasteiger partial charge in [0.05, 0.1) is 0 Å². The predicted octanol–water partition coefficient (Wildman–Crippen LogP) is 8.04. The summed E-state index contributed by atoms with van der Waals surface area (Å²) in [5.74, 6) is 0. The summed E-state index contributed by atoms with van der Waals surface area (Å²) in [7, 11) is 14.3. The summed E-state index contributed by atoms with van der Waals surface area (Å²) in [4.78, 5) is 0. The second-order valence-electron chi connectivity index (χ2n) is 6.86. The van der Waals surface area contributed by atoms with E-state index in [1.54, 1.807) is 0 Å². The zero-order valence-corrected chi connectivity index (χ0v) is 19.0. The Morgan fingerprint density at radius 2 is 1.22 bits per heavy atom. The van der Waals surface area contributed by atoms with Crippen LogP contribution in [0.25, 0.3) is 0 Å². The van der Waals surface area contributed by atoms with Crippen LogP contribution >= 0.6 is 17.0 Å². The van der Waals surface area contributed by atoms with E-state index < -0.39 is 17.9 Å². The van der Waals surface area contributed by atoms with Gasteiger partial charge in [-0.15, -0.1) is 0 Å². The summed E-state index contributed by atoms with van der Waals surface area (Å²) in [6.07, 6.45) is 14.1. The third kappa shape index (κ3) is 4.34. The first kappa shape index (κ1) is 19.7. The van der Waals surface area contributed by atoms with Crippen LogP contribution in [0.4, 0.5) is 0 Å². The van der Waals surface area contributed by atoms with E-state index >= 15 is 0 Å². The van der Waals surface area contributed by atoms with Crippen LogP contribution in [0.15, 0.2) is 41.0 Å². The van der Waals surface area contributed by atoms with E-state index in [1.165, 1.54) is 67.4 Å². The molecule has 0 fully saturated rings. The van der Waals surface area contributed by atoms with E-state index in [0.29, 0.717) is 0 Å². The van der Waals surface area contributed by atoms with E-state index in [1.807, 2.05) is 0 Å². The number of allylic oxidation sites excluding steroid dienone is 8. The third-order valence-corrected chi connectivity index (χ3v) is 17.3. The zero-order chi connectivity index (χ0) is 17.0. The topological polar surface area (TPSA) is 0 Å². The third-order valence-electron chi connectivity index (χ3n) is 5.33. The van der Waals surface area contributed by atoms with Crippen molar-refractivity contribution >= 4 is 17.0 Å². The quantitative estimate of drug-likeness (QED) is 0.364. The van der Waals surface area contributed by atoms with Gasteiger partial charge in [-0.1, -0.05) is 0 Å². The van der Waals surface area contributed by atoms with Crippen LogP contribution < -0.4 is 0 Å². The Hall–Kier alpha value is 0.423. The molecule has 0 aliphatic heterocycles. The first-order valence-electron chi connectivity index (χ1n) is 9.10. The van der Waals surface area contributed by atoms with Gasteiger partial charge in [0.2, 0.25) is 0 Å². The minimum atomic E-state index is -3.39. The second kappa shape index (κ2) is 8.68. The van der Waals surface area contributed by atoms with Gasteiger partial charge in [-0.3, -0.25) is 0 Å². The minimum absolute atomic E-state index is 0.995. The summed E-state index contributed by atoms with van der Waals surface area (Å²) in [6.45, 7) is 8.99. The van der Waals surface area contributed by atoms with Crippen molar-refractivity contribution in [1.82, 2.24) is 0 Å². The number of unbranched alkanes of at least 4 members (excludes halogenated alkanes) is 2. The Labute approximate surface area is 154 Å². The summed E-state index contributed by atoms with van der Waals surface area (Å²) in [6, 6.07) is 0. The molecule has 128 valence electrons. The van der Waals surface area contributed by atoms with Gasteiger partial charge in [-0.05, 0) is 0 Å². The van der Waals surface area contributed by atoms with Crippen molar-refractivity contribution < 1.29 is 17.9 Å². The van der Waals surface area contributed by atoms with Crippen molar-refractivity contribution in [3.05, 3.63) is 41.0 Å². The molecule has 0 atom stereocenters. The molecule has 0 spiro atoms. The zero-order valence-electron chi connectivity index (χ0n) is 15.1. The summed E-state index contributed by atoms with van der Waals surface area (Å²) in [5.41, 5.74) is 5.84. The van der Waals surface area contributed by atoms with Crippen LogP contribution in [0.1, 0.15) is 79.1 Å². The van der Waals surface area contributed by atoms with E-state index in [-0.39, 0.29) is 0 Å². The fraction of sp³-hybridized carbons (Fsp3) is 0.600. The number of halogens is 2. The molecule has 0 N–H and O–H groups in total. The van der Waals surface area contributed by atoms with Crippen LogP contribution in [0.2, 0.25) is 0 Å². The van der Waals surface area contributed by atoms with E-state index in [0.717, 1.165) is 12.8 Å². The maximum atomic E-state index is 7.13. The van der Waals surface area contributed by atoms with Gasteiger partial charge in [-0.2, -0.15) is 0 Å². The molecule has 0 saturated carbocycles. The van der Waals surface area contributed by atoms with Crippen LogP contribution in [0.3, 0.4) is 0 Å². The molecular weight excluding hydrogens is 402 g/mol. The standard InChI is InChI=1S/2C10H15.2ClH.Zr/c2*1-3-4-7-10-8-5-6-9(10)2;;;/h2*8H,3-5,7H2,1-2H3;2*1H;/q;;;;+2/p-2. The molecule has 0 nitrogen and oxygen atoms in total. The van der Waals surface area contributed by atoms with Crippen molar-refractivity contribution in [2.24, 2.45) is 0 Å². The normalized spacial score (nSPS) is 18.9. The van der Waals surface area contributed by atoms with Crippen molar-refractivity contribution in [3.63, 3.8) is 0 Å². The number of hydrogen-bond acceptors (Lipinski definition) is 0. The van der Waals surface area contributed by atoms with Gasteiger partial charge in [0.15, 0.2) is 0 Å². The molecule has 23 heavy (non-hydrogen) atoms. The van der Waals surface area contributed by atoms with Crippen molar-refractivity contribution in [3.8, 4) is 0 Å². The molecule has 0 bridgehead atoms.